The summed E-state index contributed by atoms with van der Waals surface area (Å²) in [7, 11) is 0. The number of rotatable bonds is 7. The molecule has 0 N–H and O–H groups in total. The molecule has 2 rings (SSSR count). The first-order valence-corrected chi connectivity index (χ1v) is 7.02. The quantitative estimate of drug-likeness (QED) is 0.721. The number of hydrogen-bond acceptors (Lipinski definition) is 4. The van der Waals surface area contributed by atoms with Crippen molar-refractivity contribution in [2.75, 3.05) is 19.8 Å². The lowest BCUT2D eigenvalue weighted by molar-refractivity contribution is -0.153. The van der Waals surface area contributed by atoms with E-state index in [1.807, 2.05) is 0 Å². The van der Waals surface area contributed by atoms with E-state index in [0.29, 0.717) is 12.5 Å². The summed E-state index contributed by atoms with van der Waals surface area (Å²) in [5.74, 6) is -0.0458. The van der Waals surface area contributed by atoms with Crippen LogP contribution in [0.15, 0.2) is 18.2 Å². The molecule has 4 nitrogen and oxygen atoms in total. The number of benzene rings is 1. The molecule has 1 aliphatic carbocycles. The van der Waals surface area contributed by atoms with Crippen molar-refractivity contribution in [3.63, 3.8) is 0 Å². The fourth-order valence-corrected chi connectivity index (χ4v) is 1.73. The van der Waals surface area contributed by atoms with Crippen LogP contribution in [0, 0.1) is 5.92 Å². The molecule has 0 amide bonds. The molecule has 0 radical (unpaired) electrons. The Bertz CT molecular complexity index is 524. The van der Waals surface area contributed by atoms with Gasteiger partial charge in [0.1, 0.15) is 0 Å². The average molecular weight is 318 g/mol. The predicted molar refractivity (Wildman–Crippen MR) is 72.2 cm³/mol. The molecule has 1 aromatic rings. The van der Waals surface area contributed by atoms with Crippen LogP contribution in [0.3, 0.4) is 0 Å². The van der Waals surface area contributed by atoms with E-state index in [2.05, 4.69) is 0 Å². The molecule has 0 atom stereocenters. The van der Waals surface area contributed by atoms with Gasteiger partial charge in [0.2, 0.25) is 0 Å². The van der Waals surface area contributed by atoms with E-state index >= 15 is 0 Å². The Kier molecular flexibility index (Phi) is 5.15. The molecular formula is C15H17F3O4. The van der Waals surface area contributed by atoms with Crippen molar-refractivity contribution in [2.24, 2.45) is 5.92 Å². The largest absolute Gasteiger partial charge is 0.489 e. The van der Waals surface area contributed by atoms with Crippen LogP contribution in [0.25, 0.3) is 0 Å². The highest BCUT2D eigenvalue weighted by Gasteiger charge is 2.29. The zero-order chi connectivity index (χ0) is 16.2. The van der Waals surface area contributed by atoms with Crippen LogP contribution < -0.4 is 9.47 Å². The number of hydrogen-bond donors (Lipinski definition) is 0. The Hall–Kier alpha value is -1.92. The zero-order valence-corrected chi connectivity index (χ0v) is 12.1. The third-order valence-electron chi connectivity index (χ3n) is 3.02. The van der Waals surface area contributed by atoms with Gasteiger partial charge >= 0.3 is 12.1 Å². The first-order chi connectivity index (χ1) is 10.4. The average Bonchev–Trinajstić information content (AvgIpc) is 3.27. The van der Waals surface area contributed by atoms with E-state index in [4.69, 9.17) is 14.2 Å². The molecule has 0 saturated heterocycles. The lowest BCUT2D eigenvalue weighted by Gasteiger charge is -2.15. The third kappa shape index (κ3) is 5.13. The molecule has 0 aromatic heterocycles. The molecule has 1 saturated carbocycles. The number of esters is 1. The Morgan fingerprint density at radius 3 is 2.55 bits per heavy atom. The van der Waals surface area contributed by atoms with Gasteiger partial charge in [0.15, 0.2) is 18.1 Å². The minimum atomic E-state index is -4.44. The van der Waals surface area contributed by atoms with Crippen molar-refractivity contribution in [3.8, 4) is 11.5 Å². The van der Waals surface area contributed by atoms with Gasteiger partial charge in [-0.2, -0.15) is 13.2 Å². The Balaban J connectivity index is 2.12. The minimum Gasteiger partial charge on any atom is -0.489 e. The minimum absolute atomic E-state index is 0.0361. The van der Waals surface area contributed by atoms with Gasteiger partial charge in [-0.1, -0.05) is 0 Å². The highest BCUT2D eigenvalue weighted by atomic mass is 19.4. The third-order valence-corrected chi connectivity index (χ3v) is 3.02. The molecule has 1 fully saturated rings. The number of halogens is 3. The lowest BCUT2D eigenvalue weighted by Crippen LogP contribution is -2.19. The topological polar surface area (TPSA) is 44.8 Å². The van der Waals surface area contributed by atoms with Crippen molar-refractivity contribution in [1.29, 1.82) is 0 Å². The van der Waals surface area contributed by atoms with Gasteiger partial charge in [0, 0.05) is 0 Å². The van der Waals surface area contributed by atoms with Crippen LogP contribution >= 0.6 is 0 Å². The van der Waals surface area contributed by atoms with Crippen molar-refractivity contribution in [3.05, 3.63) is 23.8 Å². The number of alkyl halides is 3. The standard InChI is InChI=1S/C15H17F3O4/c1-2-20-14(19)11-5-6-12(22-9-15(16,17)18)13(7-11)21-8-10-3-4-10/h5-7,10H,2-4,8-9H2,1H3. The Labute approximate surface area is 126 Å². The molecule has 0 aliphatic heterocycles. The summed E-state index contributed by atoms with van der Waals surface area (Å²) in [6.07, 6.45) is -2.36. The van der Waals surface area contributed by atoms with E-state index in [1.54, 1.807) is 6.92 Å². The van der Waals surface area contributed by atoms with Crippen molar-refractivity contribution in [2.45, 2.75) is 25.9 Å². The van der Waals surface area contributed by atoms with E-state index in [1.165, 1.54) is 18.2 Å². The fraction of sp³-hybridized carbons (Fsp3) is 0.533. The van der Waals surface area contributed by atoms with Crippen molar-refractivity contribution in [1.82, 2.24) is 0 Å². The van der Waals surface area contributed by atoms with E-state index < -0.39 is 18.8 Å². The normalized spacial score (nSPS) is 14.5. The van der Waals surface area contributed by atoms with Crippen LogP contribution in [0.1, 0.15) is 30.1 Å². The fourth-order valence-electron chi connectivity index (χ4n) is 1.73. The molecule has 1 aromatic carbocycles. The number of ether oxygens (including phenoxy) is 3. The summed E-state index contributed by atoms with van der Waals surface area (Å²) in [6.45, 7) is 0.868. The van der Waals surface area contributed by atoms with Crippen LogP contribution in [0.2, 0.25) is 0 Å². The highest BCUT2D eigenvalue weighted by molar-refractivity contribution is 5.90. The second-order valence-electron chi connectivity index (χ2n) is 5.04. The first-order valence-electron chi connectivity index (χ1n) is 7.02. The van der Waals surface area contributed by atoms with E-state index in [-0.39, 0.29) is 23.7 Å². The summed E-state index contributed by atoms with van der Waals surface area (Å²) in [5.41, 5.74) is 0.215. The van der Waals surface area contributed by atoms with Crippen LogP contribution in [-0.2, 0) is 4.74 Å². The Morgan fingerprint density at radius 1 is 1.23 bits per heavy atom. The molecule has 22 heavy (non-hydrogen) atoms. The zero-order valence-electron chi connectivity index (χ0n) is 12.1. The number of carbonyl (C=O) groups excluding carboxylic acids is 1. The highest BCUT2D eigenvalue weighted by Crippen LogP contribution is 2.34. The summed E-state index contributed by atoms with van der Waals surface area (Å²) < 4.78 is 51.9. The molecule has 0 heterocycles. The predicted octanol–water partition coefficient (Wildman–Crippen LogP) is 3.59. The van der Waals surface area contributed by atoms with Crippen LogP contribution in [-0.4, -0.2) is 32.0 Å². The molecule has 7 heteroatoms. The van der Waals surface area contributed by atoms with Crippen molar-refractivity contribution < 1.29 is 32.2 Å². The Morgan fingerprint density at radius 2 is 1.95 bits per heavy atom. The van der Waals surface area contributed by atoms with Gasteiger partial charge in [-0.15, -0.1) is 0 Å². The second kappa shape index (κ2) is 6.89. The van der Waals surface area contributed by atoms with E-state index in [9.17, 15) is 18.0 Å². The van der Waals surface area contributed by atoms with Gasteiger partial charge in [0.05, 0.1) is 18.8 Å². The maximum atomic E-state index is 12.3. The van der Waals surface area contributed by atoms with E-state index in [0.717, 1.165) is 12.8 Å². The summed E-state index contributed by atoms with van der Waals surface area (Å²) in [5, 5.41) is 0. The summed E-state index contributed by atoms with van der Waals surface area (Å²) in [4.78, 5) is 11.7. The summed E-state index contributed by atoms with van der Waals surface area (Å²) in [6, 6.07) is 4.00. The lowest BCUT2D eigenvalue weighted by atomic mass is 10.2. The molecular weight excluding hydrogens is 301 g/mol. The molecule has 0 unspecified atom stereocenters. The van der Waals surface area contributed by atoms with Gasteiger partial charge in [-0.3, -0.25) is 0 Å². The van der Waals surface area contributed by atoms with Gasteiger partial charge in [0.25, 0.3) is 0 Å². The van der Waals surface area contributed by atoms with Gasteiger partial charge in [-0.05, 0) is 43.9 Å². The maximum Gasteiger partial charge on any atom is 0.422 e. The monoisotopic (exact) mass is 318 g/mol. The first kappa shape index (κ1) is 16.5. The maximum absolute atomic E-state index is 12.3. The smallest absolute Gasteiger partial charge is 0.422 e. The molecule has 0 spiro atoms. The van der Waals surface area contributed by atoms with Gasteiger partial charge in [-0.25, -0.2) is 4.79 Å². The van der Waals surface area contributed by atoms with Crippen molar-refractivity contribution >= 4 is 5.97 Å². The van der Waals surface area contributed by atoms with Crippen LogP contribution in [0.4, 0.5) is 13.2 Å². The van der Waals surface area contributed by atoms with Gasteiger partial charge < -0.3 is 14.2 Å². The molecule has 122 valence electrons. The molecule has 0 bridgehead atoms. The van der Waals surface area contributed by atoms with Crippen LogP contribution in [0.5, 0.6) is 11.5 Å². The summed E-state index contributed by atoms with van der Waals surface area (Å²) >= 11 is 0. The SMILES string of the molecule is CCOC(=O)c1ccc(OCC(F)(F)F)c(OCC2CC2)c1. The second-order valence-corrected chi connectivity index (χ2v) is 5.04. The molecule has 1 aliphatic rings. The number of carbonyl (C=O) groups is 1.